The first-order chi connectivity index (χ1) is 20.8. The van der Waals surface area contributed by atoms with Crippen LogP contribution in [0.2, 0.25) is 0 Å². The highest BCUT2D eigenvalue weighted by molar-refractivity contribution is 5.66. The zero-order valence-electron chi connectivity index (χ0n) is 26.2. The van der Waals surface area contributed by atoms with E-state index in [0.717, 1.165) is 23.1 Å². The number of esters is 1. The fourth-order valence-corrected chi connectivity index (χ4v) is 3.15. The molecule has 0 N–H and O–H groups in total. The molecule has 0 fully saturated rings. The Hall–Kier alpha value is -4.97. The normalized spacial score (nSPS) is 10.4. The van der Waals surface area contributed by atoms with Crippen molar-refractivity contribution in [1.29, 1.82) is 0 Å². The minimum atomic E-state index is -0.282. The van der Waals surface area contributed by atoms with Crippen LogP contribution in [0.3, 0.4) is 0 Å². The fraction of sp³-hybridized carbons (Fsp3) is 0.244. The molecule has 0 aliphatic heterocycles. The van der Waals surface area contributed by atoms with Crippen LogP contribution in [0.4, 0.5) is 0 Å². The Labute approximate surface area is 260 Å². The van der Waals surface area contributed by atoms with Crippen LogP contribution in [-0.2, 0) is 9.53 Å². The number of hydrogen-bond acceptors (Lipinski definition) is 2. The quantitative estimate of drug-likeness (QED) is 0.168. The summed E-state index contributed by atoms with van der Waals surface area (Å²) in [6, 6.07) is 29.8. The SMILES string of the molecule is C=CC(C#Cc1ccccc1)C(C)C.CC(=O)OC/C=C/C#Cc1ccccc1.CC(C)C/C=C/C#Cc1ccccc1. The van der Waals surface area contributed by atoms with Gasteiger partial charge in [-0.05, 0) is 72.9 Å². The molecule has 0 aliphatic carbocycles. The number of hydrogen-bond donors (Lipinski definition) is 0. The molecule has 0 saturated carbocycles. The third kappa shape index (κ3) is 20.5. The topological polar surface area (TPSA) is 26.3 Å². The zero-order valence-corrected chi connectivity index (χ0v) is 26.2. The number of ether oxygens (including phenoxy) is 1. The second-order valence-electron chi connectivity index (χ2n) is 10.1. The van der Waals surface area contributed by atoms with Crippen LogP contribution in [0.15, 0.2) is 128 Å². The van der Waals surface area contributed by atoms with Gasteiger partial charge in [0.15, 0.2) is 0 Å². The smallest absolute Gasteiger partial charge is 0.302 e. The summed E-state index contributed by atoms with van der Waals surface area (Å²) in [6.07, 6.45) is 10.5. The first-order valence-electron chi connectivity index (χ1n) is 14.6. The van der Waals surface area contributed by atoms with E-state index in [1.165, 1.54) is 6.92 Å². The fourth-order valence-electron chi connectivity index (χ4n) is 3.15. The highest BCUT2D eigenvalue weighted by Gasteiger charge is 2.03. The minimum Gasteiger partial charge on any atom is -0.462 e. The average Bonchev–Trinajstić information content (AvgIpc) is 3.01. The van der Waals surface area contributed by atoms with Gasteiger partial charge in [0, 0.05) is 29.5 Å². The van der Waals surface area contributed by atoms with Crippen LogP contribution in [-0.4, -0.2) is 12.6 Å². The molecule has 1 unspecified atom stereocenters. The molecule has 0 saturated heterocycles. The third-order valence-corrected chi connectivity index (χ3v) is 5.50. The predicted molar refractivity (Wildman–Crippen MR) is 183 cm³/mol. The van der Waals surface area contributed by atoms with Gasteiger partial charge in [0.2, 0.25) is 0 Å². The third-order valence-electron chi connectivity index (χ3n) is 5.50. The van der Waals surface area contributed by atoms with Crippen LogP contribution < -0.4 is 0 Å². The summed E-state index contributed by atoms with van der Waals surface area (Å²) in [5.74, 6) is 19.5. The highest BCUT2D eigenvalue weighted by atomic mass is 16.5. The lowest BCUT2D eigenvalue weighted by Crippen LogP contribution is -2.01. The van der Waals surface area contributed by atoms with Gasteiger partial charge in [-0.3, -0.25) is 4.79 Å². The molecule has 2 nitrogen and oxygen atoms in total. The largest absolute Gasteiger partial charge is 0.462 e. The molecule has 0 amide bonds. The Balaban J connectivity index is 0.000000323. The van der Waals surface area contributed by atoms with Gasteiger partial charge in [-0.1, -0.05) is 130 Å². The molecule has 0 radical (unpaired) electrons. The summed E-state index contributed by atoms with van der Waals surface area (Å²) in [4.78, 5) is 10.4. The van der Waals surface area contributed by atoms with Crippen molar-refractivity contribution in [3.05, 3.63) is 145 Å². The van der Waals surface area contributed by atoms with Crippen molar-refractivity contribution in [3.8, 4) is 35.5 Å². The van der Waals surface area contributed by atoms with E-state index in [0.29, 0.717) is 11.8 Å². The van der Waals surface area contributed by atoms with Gasteiger partial charge in [0.05, 0.1) is 0 Å². The number of carbonyl (C=O) groups is 1. The lowest BCUT2D eigenvalue weighted by Gasteiger charge is -2.07. The molecule has 1 atom stereocenters. The Kier molecular flexibility index (Phi) is 19.9. The van der Waals surface area contributed by atoms with Crippen molar-refractivity contribution < 1.29 is 9.53 Å². The molecule has 0 bridgehead atoms. The summed E-state index contributed by atoms with van der Waals surface area (Å²) in [5, 5.41) is 0. The Bertz CT molecular complexity index is 1430. The average molecular weight is 569 g/mol. The molecule has 0 aliphatic rings. The van der Waals surface area contributed by atoms with E-state index in [4.69, 9.17) is 4.74 Å². The van der Waals surface area contributed by atoms with Crippen LogP contribution in [0.25, 0.3) is 0 Å². The molecule has 220 valence electrons. The summed E-state index contributed by atoms with van der Waals surface area (Å²) >= 11 is 0. The first kappa shape index (κ1) is 36.1. The Morgan fingerprint density at radius 1 is 0.721 bits per heavy atom. The highest BCUT2D eigenvalue weighted by Crippen LogP contribution is 2.10. The molecule has 43 heavy (non-hydrogen) atoms. The Morgan fingerprint density at radius 3 is 1.56 bits per heavy atom. The Morgan fingerprint density at radius 2 is 1.16 bits per heavy atom. The van der Waals surface area contributed by atoms with E-state index < -0.39 is 0 Å². The molecule has 0 heterocycles. The van der Waals surface area contributed by atoms with Gasteiger partial charge in [-0.2, -0.15) is 0 Å². The maximum Gasteiger partial charge on any atom is 0.302 e. The van der Waals surface area contributed by atoms with Gasteiger partial charge in [0.1, 0.15) is 6.61 Å². The standard InChI is InChI=1S/2C14H16.C13H12O2/c1-13(2)9-5-3-6-10-14-11-7-4-8-12-14;1-4-14(12(2)3)11-10-13-8-6-5-7-9-13;1-12(14)15-11-7-3-6-10-13-8-4-2-5-9-13/h3-5,7-8,11-13H,9H2,1-2H3;4-9,12,14H,1H2,2-3H3;2-5,7-9H,11H2,1H3/b5-3+;;7-3+. The van der Waals surface area contributed by atoms with E-state index in [2.05, 4.69) is 75.9 Å². The first-order valence-corrected chi connectivity index (χ1v) is 14.6. The monoisotopic (exact) mass is 568 g/mol. The number of benzene rings is 3. The summed E-state index contributed by atoms with van der Waals surface area (Å²) < 4.78 is 4.70. The van der Waals surface area contributed by atoms with Crippen LogP contribution in [0.5, 0.6) is 0 Å². The maximum absolute atomic E-state index is 10.4. The van der Waals surface area contributed by atoms with Crippen LogP contribution in [0, 0.1) is 53.3 Å². The van der Waals surface area contributed by atoms with E-state index in [1.54, 1.807) is 12.2 Å². The molecular weight excluding hydrogens is 524 g/mol. The van der Waals surface area contributed by atoms with Crippen LogP contribution in [0.1, 0.15) is 57.7 Å². The molecule has 3 rings (SSSR count). The van der Waals surface area contributed by atoms with Crippen LogP contribution >= 0.6 is 0 Å². The second-order valence-corrected chi connectivity index (χ2v) is 10.1. The van der Waals surface area contributed by atoms with Crippen molar-refractivity contribution in [2.24, 2.45) is 17.8 Å². The van der Waals surface area contributed by atoms with E-state index >= 15 is 0 Å². The molecule has 3 aromatic rings. The maximum atomic E-state index is 10.4. The van der Waals surface area contributed by atoms with E-state index in [9.17, 15) is 4.79 Å². The molecular formula is C41H44O2. The van der Waals surface area contributed by atoms with Gasteiger partial charge >= 0.3 is 5.97 Å². The van der Waals surface area contributed by atoms with Gasteiger partial charge in [0.25, 0.3) is 0 Å². The predicted octanol–water partition coefficient (Wildman–Crippen LogP) is 9.29. The van der Waals surface area contributed by atoms with Crippen molar-refractivity contribution in [3.63, 3.8) is 0 Å². The molecule has 2 heteroatoms. The van der Waals surface area contributed by atoms with Gasteiger partial charge in [-0.15, -0.1) is 6.58 Å². The summed E-state index contributed by atoms with van der Waals surface area (Å²) in [5.41, 5.74) is 3.11. The molecule has 3 aromatic carbocycles. The minimum absolute atomic E-state index is 0.277. The second kappa shape index (κ2) is 23.7. The number of rotatable bonds is 6. The lowest BCUT2D eigenvalue weighted by molar-refractivity contribution is -0.139. The van der Waals surface area contributed by atoms with E-state index in [-0.39, 0.29) is 18.5 Å². The molecule has 0 spiro atoms. The van der Waals surface area contributed by atoms with Gasteiger partial charge < -0.3 is 4.74 Å². The van der Waals surface area contributed by atoms with Crippen molar-refractivity contribution in [1.82, 2.24) is 0 Å². The summed E-state index contributed by atoms with van der Waals surface area (Å²) in [7, 11) is 0. The lowest BCUT2D eigenvalue weighted by atomic mass is 9.96. The molecule has 0 aromatic heterocycles. The van der Waals surface area contributed by atoms with E-state index in [1.807, 2.05) is 103 Å². The van der Waals surface area contributed by atoms with Crippen molar-refractivity contribution in [2.75, 3.05) is 6.61 Å². The number of allylic oxidation sites excluding steroid dienone is 4. The van der Waals surface area contributed by atoms with Gasteiger partial charge in [-0.25, -0.2) is 0 Å². The van der Waals surface area contributed by atoms with Crippen molar-refractivity contribution >= 4 is 5.97 Å². The summed E-state index contributed by atoms with van der Waals surface area (Å²) in [6.45, 7) is 14.2. The van der Waals surface area contributed by atoms with Crippen molar-refractivity contribution in [2.45, 2.75) is 41.0 Å². The zero-order chi connectivity index (χ0) is 31.5. The number of carbonyl (C=O) groups excluding carboxylic acids is 1.